The van der Waals surface area contributed by atoms with E-state index in [0.717, 1.165) is 18.6 Å². The number of rotatable bonds is 4. The number of aliphatic hydroxyl groups is 1. The summed E-state index contributed by atoms with van der Waals surface area (Å²) in [6.07, 6.45) is 2.21. The second-order valence-electron chi connectivity index (χ2n) is 4.41. The van der Waals surface area contributed by atoms with Crippen molar-refractivity contribution in [2.24, 2.45) is 0 Å². The Morgan fingerprint density at radius 3 is 3.06 bits per heavy atom. The molecule has 1 aliphatic carbocycles. The van der Waals surface area contributed by atoms with Crippen molar-refractivity contribution in [2.45, 2.75) is 31.8 Å². The van der Waals surface area contributed by atoms with E-state index in [1.165, 1.54) is 11.1 Å². The monoisotopic (exact) mass is 221 g/mol. The number of hydrogen-bond donors (Lipinski definition) is 2. The second-order valence-corrected chi connectivity index (χ2v) is 4.41. The van der Waals surface area contributed by atoms with Gasteiger partial charge in [0.05, 0.1) is 13.7 Å². The molecule has 1 aromatic rings. The molecule has 0 bridgehead atoms. The minimum absolute atomic E-state index is 0.141. The Hall–Kier alpha value is -1.06. The Labute approximate surface area is 96.4 Å². The fourth-order valence-corrected chi connectivity index (χ4v) is 2.28. The van der Waals surface area contributed by atoms with Gasteiger partial charge in [-0.1, -0.05) is 6.07 Å². The summed E-state index contributed by atoms with van der Waals surface area (Å²) >= 11 is 0. The lowest BCUT2D eigenvalue weighted by Crippen LogP contribution is -2.32. The molecule has 1 aromatic carbocycles. The molecular formula is C13H19NO2. The highest BCUT2D eigenvalue weighted by Gasteiger charge is 2.23. The zero-order valence-corrected chi connectivity index (χ0v) is 9.86. The number of hydrogen-bond acceptors (Lipinski definition) is 3. The molecule has 0 saturated carbocycles. The van der Waals surface area contributed by atoms with Crippen LogP contribution in [-0.2, 0) is 6.42 Å². The molecular weight excluding hydrogens is 202 g/mol. The number of methoxy groups -OCH3 is 1. The molecule has 0 spiro atoms. The molecule has 3 nitrogen and oxygen atoms in total. The van der Waals surface area contributed by atoms with E-state index in [0.29, 0.717) is 6.04 Å². The fraction of sp³-hybridized carbons (Fsp3) is 0.538. The first-order valence-corrected chi connectivity index (χ1v) is 5.78. The van der Waals surface area contributed by atoms with Crippen LogP contribution in [0, 0.1) is 0 Å². The van der Waals surface area contributed by atoms with Crippen LogP contribution in [0.5, 0.6) is 5.75 Å². The van der Waals surface area contributed by atoms with Gasteiger partial charge in [0, 0.05) is 12.1 Å². The molecule has 0 saturated heterocycles. The van der Waals surface area contributed by atoms with Crippen molar-refractivity contribution in [3.05, 3.63) is 29.3 Å². The quantitative estimate of drug-likeness (QED) is 0.812. The maximum Gasteiger partial charge on any atom is 0.119 e. The van der Waals surface area contributed by atoms with Crippen LogP contribution < -0.4 is 10.1 Å². The SMILES string of the molecule is COc1ccc2c(c1)C(N[C@H](C)CO)CC2. The molecule has 88 valence electrons. The van der Waals surface area contributed by atoms with E-state index >= 15 is 0 Å². The molecule has 0 aromatic heterocycles. The van der Waals surface area contributed by atoms with E-state index in [2.05, 4.69) is 17.4 Å². The van der Waals surface area contributed by atoms with Crippen molar-refractivity contribution in [2.75, 3.05) is 13.7 Å². The molecule has 0 fully saturated rings. The number of nitrogens with one attached hydrogen (secondary N) is 1. The van der Waals surface area contributed by atoms with Crippen molar-refractivity contribution in [1.82, 2.24) is 5.32 Å². The topological polar surface area (TPSA) is 41.5 Å². The van der Waals surface area contributed by atoms with Crippen molar-refractivity contribution < 1.29 is 9.84 Å². The van der Waals surface area contributed by atoms with Crippen LogP contribution in [0.1, 0.15) is 30.5 Å². The lowest BCUT2D eigenvalue weighted by atomic mass is 10.1. The first-order valence-electron chi connectivity index (χ1n) is 5.78. The van der Waals surface area contributed by atoms with E-state index in [1.807, 2.05) is 13.0 Å². The minimum Gasteiger partial charge on any atom is -0.497 e. The van der Waals surface area contributed by atoms with Crippen molar-refractivity contribution >= 4 is 0 Å². The Morgan fingerprint density at radius 2 is 2.38 bits per heavy atom. The van der Waals surface area contributed by atoms with Gasteiger partial charge in [0.1, 0.15) is 5.75 Å². The maximum atomic E-state index is 9.06. The smallest absolute Gasteiger partial charge is 0.119 e. The van der Waals surface area contributed by atoms with Crippen LogP contribution in [0.3, 0.4) is 0 Å². The van der Waals surface area contributed by atoms with Crippen molar-refractivity contribution in [3.8, 4) is 5.75 Å². The molecule has 16 heavy (non-hydrogen) atoms. The Balaban J connectivity index is 2.17. The number of aryl methyl sites for hydroxylation is 1. The highest BCUT2D eigenvalue weighted by molar-refractivity contribution is 5.40. The van der Waals surface area contributed by atoms with Gasteiger partial charge in [0.2, 0.25) is 0 Å². The van der Waals surface area contributed by atoms with Gasteiger partial charge in [-0.05, 0) is 43.0 Å². The predicted octanol–water partition coefficient (Wildman–Crippen LogP) is 1.65. The zero-order valence-electron chi connectivity index (χ0n) is 9.86. The van der Waals surface area contributed by atoms with Crippen molar-refractivity contribution in [1.29, 1.82) is 0 Å². The summed E-state index contributed by atoms with van der Waals surface area (Å²) in [6, 6.07) is 6.75. The van der Waals surface area contributed by atoms with E-state index in [1.54, 1.807) is 7.11 Å². The van der Waals surface area contributed by atoms with Gasteiger partial charge in [-0.3, -0.25) is 0 Å². The molecule has 2 atom stereocenters. The minimum atomic E-state index is 0.141. The van der Waals surface area contributed by atoms with Crippen LogP contribution >= 0.6 is 0 Å². The zero-order chi connectivity index (χ0) is 11.5. The number of benzene rings is 1. The third-order valence-electron chi connectivity index (χ3n) is 3.19. The normalized spacial score (nSPS) is 20.6. The molecule has 0 amide bonds. The van der Waals surface area contributed by atoms with Crippen LogP contribution in [-0.4, -0.2) is 24.9 Å². The average molecular weight is 221 g/mol. The third kappa shape index (κ3) is 2.20. The summed E-state index contributed by atoms with van der Waals surface area (Å²) < 4.78 is 5.24. The third-order valence-corrected chi connectivity index (χ3v) is 3.19. The van der Waals surface area contributed by atoms with Crippen LogP contribution in [0.2, 0.25) is 0 Å². The van der Waals surface area contributed by atoms with E-state index in [9.17, 15) is 0 Å². The maximum absolute atomic E-state index is 9.06. The van der Waals surface area contributed by atoms with Gasteiger partial charge < -0.3 is 15.2 Å². The molecule has 0 aliphatic heterocycles. The molecule has 2 rings (SSSR count). The number of fused-ring (bicyclic) bond motifs is 1. The van der Waals surface area contributed by atoms with Crippen molar-refractivity contribution in [3.63, 3.8) is 0 Å². The molecule has 2 N–H and O–H groups in total. The largest absolute Gasteiger partial charge is 0.497 e. The second kappa shape index (κ2) is 4.85. The van der Waals surface area contributed by atoms with Crippen LogP contribution in [0.15, 0.2) is 18.2 Å². The van der Waals surface area contributed by atoms with Gasteiger partial charge in [0.15, 0.2) is 0 Å². The Kier molecular flexibility index (Phi) is 3.46. The molecule has 3 heteroatoms. The fourth-order valence-electron chi connectivity index (χ4n) is 2.28. The van der Waals surface area contributed by atoms with Gasteiger partial charge in [0.25, 0.3) is 0 Å². The molecule has 1 unspecified atom stereocenters. The first-order chi connectivity index (χ1) is 7.74. The van der Waals surface area contributed by atoms with E-state index in [-0.39, 0.29) is 12.6 Å². The summed E-state index contributed by atoms with van der Waals surface area (Å²) in [5, 5.41) is 12.5. The summed E-state index contributed by atoms with van der Waals surface area (Å²) in [5.41, 5.74) is 2.71. The molecule has 1 aliphatic rings. The summed E-state index contributed by atoms with van der Waals surface area (Å²) in [4.78, 5) is 0. The summed E-state index contributed by atoms with van der Waals surface area (Å²) in [6.45, 7) is 2.17. The van der Waals surface area contributed by atoms with Crippen LogP contribution in [0.25, 0.3) is 0 Å². The Bertz CT molecular complexity index is 365. The summed E-state index contributed by atoms with van der Waals surface area (Å²) in [5.74, 6) is 0.907. The lowest BCUT2D eigenvalue weighted by Gasteiger charge is -2.18. The first kappa shape index (κ1) is 11.4. The highest BCUT2D eigenvalue weighted by atomic mass is 16.5. The molecule has 0 radical (unpaired) electrons. The molecule has 0 heterocycles. The van der Waals surface area contributed by atoms with Gasteiger partial charge in [-0.15, -0.1) is 0 Å². The van der Waals surface area contributed by atoms with Gasteiger partial charge in [-0.25, -0.2) is 0 Å². The number of ether oxygens (including phenoxy) is 1. The Morgan fingerprint density at radius 1 is 1.56 bits per heavy atom. The van der Waals surface area contributed by atoms with Gasteiger partial charge >= 0.3 is 0 Å². The van der Waals surface area contributed by atoms with Gasteiger partial charge in [-0.2, -0.15) is 0 Å². The number of aliphatic hydroxyl groups excluding tert-OH is 1. The van der Waals surface area contributed by atoms with Crippen LogP contribution in [0.4, 0.5) is 0 Å². The van der Waals surface area contributed by atoms with E-state index < -0.39 is 0 Å². The average Bonchev–Trinajstić information content (AvgIpc) is 2.71. The standard InChI is InChI=1S/C13H19NO2/c1-9(8-15)14-13-6-4-10-3-5-11(16-2)7-12(10)13/h3,5,7,9,13-15H,4,6,8H2,1-2H3/t9-,13?/m1/s1. The summed E-state index contributed by atoms with van der Waals surface area (Å²) in [7, 11) is 1.69. The highest BCUT2D eigenvalue weighted by Crippen LogP contribution is 2.33. The van der Waals surface area contributed by atoms with E-state index in [4.69, 9.17) is 9.84 Å². The lowest BCUT2D eigenvalue weighted by molar-refractivity contribution is 0.240. The predicted molar refractivity (Wildman–Crippen MR) is 63.7 cm³/mol.